The third-order valence-corrected chi connectivity index (χ3v) is 5.50. The highest BCUT2D eigenvalue weighted by Crippen LogP contribution is 2.16. The highest BCUT2D eigenvalue weighted by Gasteiger charge is 2.29. The first-order valence-electron chi connectivity index (χ1n) is 6.92. The minimum absolute atomic E-state index is 0.166. The Hall–Kier alpha value is -1.70. The van der Waals surface area contributed by atoms with Gasteiger partial charge in [-0.2, -0.15) is 9.40 Å². The molecule has 0 unspecified atom stereocenters. The molecule has 7 heteroatoms. The molecular weight excluding hydrogens is 288 g/mol. The summed E-state index contributed by atoms with van der Waals surface area (Å²) >= 11 is 0. The lowest BCUT2D eigenvalue weighted by Crippen LogP contribution is -2.48. The van der Waals surface area contributed by atoms with E-state index in [2.05, 4.69) is 27.2 Å². The first kappa shape index (κ1) is 14.2. The molecule has 1 aliphatic rings. The van der Waals surface area contributed by atoms with Crippen LogP contribution in [0.15, 0.2) is 47.6 Å². The molecular formula is C14H18N4O2S. The van der Waals surface area contributed by atoms with Gasteiger partial charge in [-0.25, -0.2) is 8.42 Å². The summed E-state index contributed by atoms with van der Waals surface area (Å²) in [7, 11) is -3.43. The standard InChI is InChI=1S/C14H18N4O2S/c19-21(20,14-6-7-15-16-14)18-10-8-17(9-11-18)12-13-4-2-1-3-5-13/h1-7H,8-12H2,(H,15,16). The van der Waals surface area contributed by atoms with E-state index in [-0.39, 0.29) is 5.03 Å². The van der Waals surface area contributed by atoms with Gasteiger partial charge in [0.1, 0.15) is 0 Å². The number of nitrogens with one attached hydrogen (secondary N) is 1. The number of hydrogen-bond donors (Lipinski definition) is 1. The molecule has 0 atom stereocenters. The van der Waals surface area contributed by atoms with Crippen LogP contribution < -0.4 is 0 Å². The molecule has 0 radical (unpaired) electrons. The Morgan fingerprint density at radius 2 is 1.76 bits per heavy atom. The summed E-state index contributed by atoms with van der Waals surface area (Å²) in [5.74, 6) is 0. The molecule has 0 aliphatic carbocycles. The average molecular weight is 306 g/mol. The van der Waals surface area contributed by atoms with Gasteiger partial charge in [-0.15, -0.1) is 0 Å². The summed E-state index contributed by atoms with van der Waals surface area (Å²) in [6.45, 7) is 3.35. The molecule has 2 aromatic rings. The summed E-state index contributed by atoms with van der Waals surface area (Å²) in [4.78, 5) is 2.27. The van der Waals surface area contributed by atoms with Crippen LogP contribution in [0.4, 0.5) is 0 Å². The van der Waals surface area contributed by atoms with E-state index in [9.17, 15) is 8.42 Å². The highest BCUT2D eigenvalue weighted by molar-refractivity contribution is 7.89. The van der Waals surface area contributed by atoms with Crippen LogP contribution in [0, 0.1) is 0 Å². The second kappa shape index (κ2) is 5.97. The number of piperazine rings is 1. The minimum Gasteiger partial charge on any atom is -0.296 e. The Labute approximate surface area is 124 Å². The molecule has 3 rings (SSSR count). The maximum Gasteiger partial charge on any atom is 0.260 e. The Morgan fingerprint density at radius 1 is 1.05 bits per heavy atom. The van der Waals surface area contributed by atoms with Crippen molar-refractivity contribution in [2.75, 3.05) is 26.2 Å². The fourth-order valence-corrected chi connectivity index (χ4v) is 3.82. The van der Waals surface area contributed by atoms with Crippen LogP contribution in [-0.2, 0) is 16.6 Å². The third kappa shape index (κ3) is 3.15. The van der Waals surface area contributed by atoms with E-state index in [1.807, 2.05) is 18.2 Å². The fraction of sp³-hybridized carbons (Fsp3) is 0.357. The minimum atomic E-state index is -3.43. The van der Waals surface area contributed by atoms with Crippen molar-refractivity contribution in [3.8, 4) is 0 Å². The molecule has 1 aliphatic heterocycles. The van der Waals surface area contributed by atoms with E-state index in [0.717, 1.165) is 19.6 Å². The zero-order chi connectivity index (χ0) is 14.7. The van der Waals surface area contributed by atoms with Gasteiger partial charge in [0.15, 0.2) is 5.03 Å². The lowest BCUT2D eigenvalue weighted by molar-refractivity contribution is 0.181. The summed E-state index contributed by atoms with van der Waals surface area (Å²) in [5.41, 5.74) is 1.25. The maximum absolute atomic E-state index is 12.3. The first-order valence-corrected chi connectivity index (χ1v) is 8.36. The number of aromatic amines is 1. The molecule has 2 heterocycles. The second-order valence-electron chi connectivity index (χ2n) is 5.09. The predicted molar refractivity (Wildman–Crippen MR) is 79.1 cm³/mol. The monoisotopic (exact) mass is 306 g/mol. The van der Waals surface area contributed by atoms with Crippen LogP contribution in [0.25, 0.3) is 0 Å². The average Bonchev–Trinajstić information content (AvgIpc) is 3.04. The van der Waals surface area contributed by atoms with Gasteiger partial charge in [0.05, 0.1) is 6.20 Å². The van der Waals surface area contributed by atoms with Crippen molar-refractivity contribution in [3.05, 3.63) is 48.2 Å². The summed E-state index contributed by atoms with van der Waals surface area (Å²) in [6.07, 6.45) is 1.46. The van der Waals surface area contributed by atoms with Crippen LogP contribution >= 0.6 is 0 Å². The van der Waals surface area contributed by atoms with Gasteiger partial charge < -0.3 is 0 Å². The lowest BCUT2D eigenvalue weighted by atomic mass is 10.2. The molecule has 21 heavy (non-hydrogen) atoms. The van der Waals surface area contributed by atoms with E-state index in [4.69, 9.17) is 0 Å². The third-order valence-electron chi connectivity index (χ3n) is 3.67. The van der Waals surface area contributed by atoms with Crippen molar-refractivity contribution in [2.24, 2.45) is 0 Å². The van der Waals surface area contributed by atoms with Gasteiger partial charge in [-0.1, -0.05) is 30.3 Å². The quantitative estimate of drug-likeness (QED) is 0.912. The molecule has 112 valence electrons. The zero-order valence-electron chi connectivity index (χ0n) is 11.6. The Bertz CT molecular complexity index is 662. The molecule has 1 aromatic heterocycles. The maximum atomic E-state index is 12.3. The fourth-order valence-electron chi connectivity index (χ4n) is 2.50. The van der Waals surface area contributed by atoms with Crippen molar-refractivity contribution in [2.45, 2.75) is 11.6 Å². The van der Waals surface area contributed by atoms with Crippen molar-refractivity contribution in [3.63, 3.8) is 0 Å². The predicted octanol–water partition coefficient (Wildman–Crippen LogP) is 0.916. The summed E-state index contributed by atoms with van der Waals surface area (Å²) in [6, 6.07) is 11.7. The number of hydrogen-bond acceptors (Lipinski definition) is 4. The van der Waals surface area contributed by atoms with E-state index in [0.29, 0.717) is 13.1 Å². The van der Waals surface area contributed by atoms with Crippen molar-refractivity contribution >= 4 is 10.0 Å². The van der Waals surface area contributed by atoms with E-state index < -0.39 is 10.0 Å². The van der Waals surface area contributed by atoms with Crippen molar-refractivity contribution < 1.29 is 8.42 Å². The highest BCUT2D eigenvalue weighted by atomic mass is 32.2. The van der Waals surface area contributed by atoms with Gasteiger partial charge in [0, 0.05) is 32.7 Å². The van der Waals surface area contributed by atoms with Crippen molar-refractivity contribution in [1.82, 2.24) is 19.4 Å². The lowest BCUT2D eigenvalue weighted by Gasteiger charge is -2.33. The largest absolute Gasteiger partial charge is 0.296 e. The van der Waals surface area contributed by atoms with Gasteiger partial charge in [-0.05, 0) is 11.6 Å². The molecule has 6 nitrogen and oxygen atoms in total. The van der Waals surface area contributed by atoms with Gasteiger partial charge in [0.25, 0.3) is 10.0 Å². The first-order chi connectivity index (χ1) is 10.2. The number of sulfonamides is 1. The normalized spacial score (nSPS) is 17.9. The molecule has 1 N–H and O–H groups in total. The van der Waals surface area contributed by atoms with Crippen LogP contribution in [0.1, 0.15) is 5.56 Å². The van der Waals surface area contributed by atoms with E-state index in [1.165, 1.54) is 22.1 Å². The molecule has 1 aromatic carbocycles. The molecule has 0 saturated carbocycles. The van der Waals surface area contributed by atoms with Crippen LogP contribution in [0.2, 0.25) is 0 Å². The summed E-state index contributed by atoms with van der Waals surface area (Å²) in [5, 5.41) is 6.41. The molecule has 0 amide bonds. The van der Waals surface area contributed by atoms with Crippen LogP contribution in [0.5, 0.6) is 0 Å². The molecule has 0 bridgehead atoms. The Kier molecular flexibility index (Phi) is 4.05. The molecule has 1 saturated heterocycles. The van der Waals surface area contributed by atoms with E-state index >= 15 is 0 Å². The molecule has 0 spiro atoms. The van der Waals surface area contributed by atoms with Crippen molar-refractivity contribution in [1.29, 1.82) is 0 Å². The smallest absolute Gasteiger partial charge is 0.260 e. The van der Waals surface area contributed by atoms with Gasteiger partial charge in [-0.3, -0.25) is 10.00 Å². The number of aromatic nitrogens is 2. The number of benzene rings is 1. The SMILES string of the molecule is O=S(=O)(c1ccn[nH]1)N1CCN(Cc2ccccc2)CC1. The van der Waals surface area contributed by atoms with E-state index in [1.54, 1.807) is 0 Å². The van der Waals surface area contributed by atoms with Crippen LogP contribution in [0.3, 0.4) is 0 Å². The Morgan fingerprint density at radius 3 is 2.38 bits per heavy atom. The van der Waals surface area contributed by atoms with Gasteiger partial charge >= 0.3 is 0 Å². The Balaban J connectivity index is 1.61. The topological polar surface area (TPSA) is 69.3 Å². The second-order valence-corrected chi connectivity index (χ2v) is 6.99. The number of H-pyrrole nitrogens is 1. The summed E-state index contributed by atoms with van der Waals surface area (Å²) < 4.78 is 26.2. The molecule has 1 fully saturated rings. The number of nitrogens with zero attached hydrogens (tertiary/aromatic N) is 3. The van der Waals surface area contributed by atoms with Gasteiger partial charge in [0.2, 0.25) is 0 Å². The van der Waals surface area contributed by atoms with Crippen LogP contribution in [-0.4, -0.2) is 54.0 Å². The number of rotatable bonds is 4. The zero-order valence-corrected chi connectivity index (χ0v) is 12.5.